The van der Waals surface area contributed by atoms with Crippen LogP contribution < -0.4 is 0 Å². The van der Waals surface area contributed by atoms with E-state index >= 15 is 0 Å². The fourth-order valence-corrected chi connectivity index (χ4v) is 9.33. The van der Waals surface area contributed by atoms with E-state index in [1.165, 1.54) is 32.1 Å². The summed E-state index contributed by atoms with van der Waals surface area (Å²) in [5.41, 5.74) is 0.578. The average molecular weight is 419 g/mol. The van der Waals surface area contributed by atoms with Gasteiger partial charge in [-0.1, -0.05) is 34.6 Å². The highest BCUT2D eigenvalue weighted by molar-refractivity contribution is 5.78. The van der Waals surface area contributed by atoms with Gasteiger partial charge in [-0.15, -0.1) is 0 Å². The molecule has 0 amide bonds. The number of hydrogen-bond donors (Lipinski definition) is 2. The van der Waals surface area contributed by atoms with Crippen molar-refractivity contribution in [3.05, 3.63) is 0 Å². The van der Waals surface area contributed by atoms with Crippen molar-refractivity contribution in [2.24, 2.45) is 52.3 Å². The Labute approximate surface area is 184 Å². The maximum absolute atomic E-state index is 12.5. The molecule has 0 aromatic heterocycles. The van der Waals surface area contributed by atoms with E-state index < -0.39 is 12.2 Å². The summed E-state index contributed by atoms with van der Waals surface area (Å²) < 4.78 is 0. The quantitative estimate of drug-likeness (QED) is 0.609. The standard InChI is InChI=1S/C27H46O3/c1-16(2)14-18(28)15-17(3)20-8-9-21-19-6-7-23-25(30)24(29)11-13-27(23,5)22(19)10-12-26(20,21)4/h16-17,19-25,29-30H,6-15H2,1-5H3/t17-,19+,20-,21+,22+,23?,24+,25-,26-,27-/m1/s1. The number of aliphatic hydroxyl groups is 2. The minimum Gasteiger partial charge on any atom is -0.390 e. The molecule has 4 saturated carbocycles. The zero-order valence-corrected chi connectivity index (χ0v) is 20.1. The summed E-state index contributed by atoms with van der Waals surface area (Å²) >= 11 is 0. The molecule has 3 nitrogen and oxygen atoms in total. The minimum absolute atomic E-state index is 0.194. The highest BCUT2D eigenvalue weighted by Gasteiger charge is 2.61. The molecule has 10 atom stereocenters. The first-order chi connectivity index (χ1) is 14.1. The number of carbonyl (C=O) groups is 1. The Hall–Kier alpha value is -0.410. The van der Waals surface area contributed by atoms with Gasteiger partial charge in [-0.3, -0.25) is 4.79 Å². The Morgan fingerprint density at radius 2 is 1.47 bits per heavy atom. The lowest BCUT2D eigenvalue weighted by Crippen LogP contribution is -2.58. The zero-order chi connectivity index (χ0) is 21.8. The zero-order valence-electron chi connectivity index (χ0n) is 20.1. The van der Waals surface area contributed by atoms with Crippen LogP contribution in [-0.4, -0.2) is 28.2 Å². The molecular weight excluding hydrogens is 372 g/mol. The van der Waals surface area contributed by atoms with Crippen LogP contribution in [0.3, 0.4) is 0 Å². The van der Waals surface area contributed by atoms with Crippen molar-refractivity contribution in [1.29, 1.82) is 0 Å². The van der Waals surface area contributed by atoms with E-state index in [0.29, 0.717) is 34.9 Å². The Kier molecular flexibility index (Phi) is 6.21. The molecule has 0 aromatic rings. The maximum Gasteiger partial charge on any atom is 0.133 e. The van der Waals surface area contributed by atoms with Crippen molar-refractivity contribution in [1.82, 2.24) is 0 Å². The van der Waals surface area contributed by atoms with Crippen LogP contribution in [-0.2, 0) is 4.79 Å². The number of hydrogen-bond acceptors (Lipinski definition) is 3. The molecule has 4 aliphatic carbocycles. The van der Waals surface area contributed by atoms with Gasteiger partial charge in [-0.05, 0) is 104 Å². The van der Waals surface area contributed by atoms with Crippen LogP contribution in [0, 0.1) is 52.3 Å². The van der Waals surface area contributed by atoms with Crippen molar-refractivity contribution in [2.75, 3.05) is 0 Å². The van der Waals surface area contributed by atoms with E-state index in [9.17, 15) is 15.0 Å². The SMILES string of the molecule is CC(C)CC(=O)C[C@@H](C)[C@H]1CC[C@H]2[C@@H]3CCC4[C@@H](O)[C@@H](O)CC[C@]4(C)[C@H]3CC[C@]12C. The summed E-state index contributed by atoms with van der Waals surface area (Å²) in [4.78, 5) is 12.5. The Bertz CT molecular complexity index is 644. The van der Waals surface area contributed by atoms with Crippen LogP contribution in [0.2, 0.25) is 0 Å². The molecule has 4 rings (SSSR count). The Morgan fingerprint density at radius 3 is 2.17 bits per heavy atom. The first kappa shape index (κ1) is 22.8. The first-order valence-corrected chi connectivity index (χ1v) is 13.0. The number of rotatable bonds is 5. The van der Waals surface area contributed by atoms with Gasteiger partial charge < -0.3 is 10.2 Å². The van der Waals surface area contributed by atoms with Gasteiger partial charge >= 0.3 is 0 Å². The Balaban J connectivity index is 1.49. The molecule has 0 radical (unpaired) electrons. The summed E-state index contributed by atoms with van der Waals surface area (Å²) in [6, 6.07) is 0. The highest BCUT2D eigenvalue weighted by atomic mass is 16.3. The number of fused-ring (bicyclic) bond motifs is 5. The Morgan fingerprint density at radius 1 is 0.833 bits per heavy atom. The first-order valence-electron chi connectivity index (χ1n) is 13.0. The van der Waals surface area contributed by atoms with Crippen molar-refractivity contribution in [3.8, 4) is 0 Å². The largest absolute Gasteiger partial charge is 0.390 e. The van der Waals surface area contributed by atoms with Gasteiger partial charge in [-0.2, -0.15) is 0 Å². The van der Waals surface area contributed by atoms with Crippen molar-refractivity contribution < 1.29 is 15.0 Å². The average Bonchev–Trinajstić information content (AvgIpc) is 3.01. The van der Waals surface area contributed by atoms with Gasteiger partial charge in [0.05, 0.1) is 12.2 Å². The summed E-state index contributed by atoms with van der Waals surface area (Å²) in [5, 5.41) is 21.0. The van der Waals surface area contributed by atoms with Crippen molar-refractivity contribution in [3.63, 3.8) is 0 Å². The van der Waals surface area contributed by atoms with Crippen LogP contribution in [0.15, 0.2) is 0 Å². The third-order valence-electron chi connectivity index (χ3n) is 10.7. The fraction of sp³-hybridized carbons (Fsp3) is 0.963. The number of Topliss-reactive ketones (excluding diaryl/α,β-unsaturated/α-hetero) is 1. The number of ketones is 1. The third-order valence-corrected chi connectivity index (χ3v) is 10.7. The second-order valence-corrected chi connectivity index (χ2v) is 12.7. The van der Waals surface area contributed by atoms with Gasteiger partial charge in [0.25, 0.3) is 0 Å². The van der Waals surface area contributed by atoms with Crippen LogP contribution >= 0.6 is 0 Å². The second kappa shape index (κ2) is 8.18. The lowest BCUT2D eigenvalue weighted by molar-refractivity contribution is -0.174. The molecule has 4 fully saturated rings. The minimum atomic E-state index is -0.527. The van der Waals surface area contributed by atoms with Gasteiger partial charge in [0.15, 0.2) is 0 Å². The molecule has 4 aliphatic rings. The molecule has 0 spiro atoms. The van der Waals surface area contributed by atoms with E-state index in [1.54, 1.807) is 0 Å². The predicted molar refractivity (Wildman–Crippen MR) is 121 cm³/mol. The van der Waals surface area contributed by atoms with Crippen LogP contribution in [0.4, 0.5) is 0 Å². The summed E-state index contributed by atoms with van der Waals surface area (Å²) in [5.74, 6) is 4.64. The topological polar surface area (TPSA) is 57.5 Å². The van der Waals surface area contributed by atoms with Crippen molar-refractivity contribution in [2.45, 2.75) is 111 Å². The second-order valence-electron chi connectivity index (χ2n) is 12.7. The molecule has 3 heteroatoms. The summed E-state index contributed by atoms with van der Waals surface area (Å²) in [6.45, 7) is 11.6. The molecule has 0 heterocycles. The predicted octanol–water partition coefficient (Wildman–Crippen LogP) is 5.62. The van der Waals surface area contributed by atoms with E-state index in [2.05, 4.69) is 34.6 Å². The van der Waals surface area contributed by atoms with Gasteiger partial charge in [0.2, 0.25) is 0 Å². The van der Waals surface area contributed by atoms with E-state index in [0.717, 1.165) is 43.9 Å². The maximum atomic E-state index is 12.5. The molecular formula is C27H46O3. The number of aliphatic hydroxyl groups excluding tert-OH is 2. The molecule has 2 N–H and O–H groups in total. The highest BCUT2D eigenvalue weighted by Crippen LogP contribution is 2.68. The van der Waals surface area contributed by atoms with E-state index in [-0.39, 0.29) is 11.3 Å². The van der Waals surface area contributed by atoms with Crippen molar-refractivity contribution >= 4 is 5.78 Å². The van der Waals surface area contributed by atoms with Crippen LogP contribution in [0.25, 0.3) is 0 Å². The monoisotopic (exact) mass is 418 g/mol. The molecule has 0 aliphatic heterocycles. The molecule has 30 heavy (non-hydrogen) atoms. The van der Waals surface area contributed by atoms with Crippen LogP contribution in [0.5, 0.6) is 0 Å². The van der Waals surface area contributed by atoms with E-state index in [1.807, 2.05) is 0 Å². The lowest BCUT2D eigenvalue weighted by atomic mass is 9.44. The lowest BCUT2D eigenvalue weighted by Gasteiger charge is -2.62. The third kappa shape index (κ3) is 3.60. The smallest absolute Gasteiger partial charge is 0.133 e. The summed E-state index contributed by atoms with van der Waals surface area (Å²) in [7, 11) is 0. The molecule has 0 saturated heterocycles. The van der Waals surface area contributed by atoms with E-state index in [4.69, 9.17) is 0 Å². The van der Waals surface area contributed by atoms with Crippen LogP contribution in [0.1, 0.15) is 98.8 Å². The molecule has 0 bridgehead atoms. The molecule has 172 valence electrons. The van der Waals surface area contributed by atoms with Gasteiger partial charge in [-0.25, -0.2) is 0 Å². The normalized spacial score (nSPS) is 49.3. The number of carbonyl (C=O) groups excluding carboxylic acids is 1. The van der Waals surface area contributed by atoms with Gasteiger partial charge in [0.1, 0.15) is 5.78 Å². The molecule has 0 aromatic carbocycles. The fourth-order valence-electron chi connectivity index (χ4n) is 9.33. The summed E-state index contributed by atoms with van der Waals surface area (Å²) in [6.07, 6.45) is 9.77. The van der Waals surface area contributed by atoms with Gasteiger partial charge in [0, 0.05) is 12.8 Å². The molecule has 1 unspecified atom stereocenters.